The summed E-state index contributed by atoms with van der Waals surface area (Å²) in [5.41, 5.74) is 0. The molecule has 1 aliphatic carbocycles. The third-order valence-corrected chi connectivity index (χ3v) is 2.81. The van der Waals surface area contributed by atoms with E-state index in [1.807, 2.05) is 0 Å². The summed E-state index contributed by atoms with van der Waals surface area (Å²) in [7, 11) is 0. The fraction of sp³-hybridized carbons (Fsp3) is 1.00. The third-order valence-electron chi connectivity index (χ3n) is 2.81. The van der Waals surface area contributed by atoms with Gasteiger partial charge in [-0.25, -0.2) is 8.78 Å². The van der Waals surface area contributed by atoms with Crippen LogP contribution in [0.15, 0.2) is 0 Å². The van der Waals surface area contributed by atoms with Gasteiger partial charge < -0.3 is 5.32 Å². The average Bonchev–Trinajstić information content (AvgIpc) is 2.00. The van der Waals surface area contributed by atoms with Gasteiger partial charge >= 0.3 is 0 Å². The Bertz CT molecular complexity index is 146. The SMILES string of the molecule is CC(F)(F)CNC1CCCCCCC1. The molecular formula is C11H21F2N. The maximum Gasteiger partial charge on any atom is 0.257 e. The van der Waals surface area contributed by atoms with Gasteiger partial charge in [0.2, 0.25) is 0 Å². The first-order valence-electron chi connectivity index (χ1n) is 5.69. The second kappa shape index (κ2) is 5.64. The Labute approximate surface area is 85.3 Å². The normalized spacial score (nSPS) is 21.6. The molecule has 0 atom stereocenters. The predicted molar refractivity (Wildman–Crippen MR) is 54.7 cm³/mol. The Balaban J connectivity index is 2.20. The van der Waals surface area contributed by atoms with Gasteiger partial charge in [0, 0.05) is 13.0 Å². The standard InChI is InChI=1S/C11H21F2N/c1-11(12,13)9-14-10-7-5-3-2-4-6-8-10/h10,14H,2-9H2,1H3. The lowest BCUT2D eigenvalue weighted by Gasteiger charge is -2.22. The molecule has 14 heavy (non-hydrogen) atoms. The Morgan fingerprint density at radius 1 is 1.07 bits per heavy atom. The highest BCUT2D eigenvalue weighted by Gasteiger charge is 2.22. The topological polar surface area (TPSA) is 12.0 Å². The van der Waals surface area contributed by atoms with Crippen molar-refractivity contribution >= 4 is 0 Å². The van der Waals surface area contributed by atoms with Gasteiger partial charge in [0.25, 0.3) is 5.92 Å². The number of hydrogen-bond acceptors (Lipinski definition) is 1. The summed E-state index contributed by atoms with van der Waals surface area (Å²) in [4.78, 5) is 0. The summed E-state index contributed by atoms with van der Waals surface area (Å²) < 4.78 is 25.2. The van der Waals surface area contributed by atoms with Crippen LogP contribution in [0.5, 0.6) is 0 Å². The van der Waals surface area contributed by atoms with E-state index in [4.69, 9.17) is 0 Å². The molecule has 0 spiro atoms. The van der Waals surface area contributed by atoms with Crippen LogP contribution in [0.25, 0.3) is 0 Å². The minimum atomic E-state index is -2.57. The summed E-state index contributed by atoms with van der Waals surface area (Å²) >= 11 is 0. The zero-order chi connectivity index (χ0) is 10.4. The average molecular weight is 205 g/mol. The Kier molecular flexibility index (Phi) is 4.79. The molecule has 0 aromatic rings. The van der Waals surface area contributed by atoms with Crippen molar-refractivity contribution in [2.45, 2.75) is 63.8 Å². The maximum atomic E-state index is 12.6. The van der Waals surface area contributed by atoms with Gasteiger partial charge in [-0.15, -0.1) is 0 Å². The van der Waals surface area contributed by atoms with Crippen molar-refractivity contribution in [2.75, 3.05) is 6.54 Å². The molecule has 1 N–H and O–H groups in total. The smallest absolute Gasteiger partial charge is 0.257 e. The van der Waals surface area contributed by atoms with Crippen molar-refractivity contribution in [3.8, 4) is 0 Å². The molecule has 0 aliphatic heterocycles. The molecule has 0 amide bonds. The number of rotatable bonds is 3. The first-order chi connectivity index (χ1) is 6.58. The molecule has 0 aromatic heterocycles. The van der Waals surface area contributed by atoms with E-state index in [-0.39, 0.29) is 6.54 Å². The van der Waals surface area contributed by atoms with Crippen molar-refractivity contribution in [1.29, 1.82) is 0 Å². The quantitative estimate of drug-likeness (QED) is 0.745. The molecule has 3 heteroatoms. The summed E-state index contributed by atoms with van der Waals surface area (Å²) in [6.45, 7) is 0.806. The van der Waals surface area contributed by atoms with Gasteiger partial charge in [-0.05, 0) is 12.8 Å². The van der Waals surface area contributed by atoms with E-state index in [2.05, 4.69) is 5.32 Å². The Morgan fingerprint density at radius 3 is 2.07 bits per heavy atom. The van der Waals surface area contributed by atoms with E-state index in [1.165, 1.54) is 32.1 Å². The molecule has 1 aliphatic rings. The van der Waals surface area contributed by atoms with Gasteiger partial charge in [0.1, 0.15) is 0 Å². The van der Waals surface area contributed by atoms with Gasteiger partial charge in [-0.2, -0.15) is 0 Å². The molecule has 1 saturated carbocycles. The van der Waals surface area contributed by atoms with Gasteiger partial charge in [-0.1, -0.05) is 32.1 Å². The Morgan fingerprint density at radius 2 is 1.57 bits per heavy atom. The zero-order valence-corrected chi connectivity index (χ0v) is 8.99. The van der Waals surface area contributed by atoms with Crippen LogP contribution in [-0.4, -0.2) is 18.5 Å². The molecule has 0 saturated heterocycles. The van der Waals surface area contributed by atoms with Gasteiger partial charge in [0.15, 0.2) is 0 Å². The molecule has 0 unspecified atom stereocenters. The largest absolute Gasteiger partial charge is 0.308 e. The minimum absolute atomic E-state index is 0.169. The Hall–Kier alpha value is -0.180. The maximum absolute atomic E-state index is 12.6. The minimum Gasteiger partial charge on any atom is -0.308 e. The highest BCUT2D eigenvalue weighted by atomic mass is 19.3. The van der Waals surface area contributed by atoms with E-state index in [0.717, 1.165) is 19.8 Å². The van der Waals surface area contributed by atoms with E-state index >= 15 is 0 Å². The molecule has 0 radical (unpaired) electrons. The lowest BCUT2D eigenvalue weighted by Crippen LogP contribution is -2.37. The van der Waals surface area contributed by atoms with Crippen LogP contribution in [0.3, 0.4) is 0 Å². The second-order valence-corrected chi connectivity index (χ2v) is 4.49. The van der Waals surface area contributed by atoms with Crippen LogP contribution in [0.1, 0.15) is 51.9 Å². The van der Waals surface area contributed by atoms with Crippen molar-refractivity contribution in [3.05, 3.63) is 0 Å². The van der Waals surface area contributed by atoms with Crippen molar-refractivity contribution in [2.24, 2.45) is 0 Å². The van der Waals surface area contributed by atoms with Crippen LogP contribution in [0.4, 0.5) is 8.78 Å². The van der Waals surface area contributed by atoms with Crippen LogP contribution in [-0.2, 0) is 0 Å². The lowest BCUT2D eigenvalue weighted by atomic mass is 9.96. The fourth-order valence-corrected chi connectivity index (χ4v) is 1.98. The van der Waals surface area contributed by atoms with E-state index in [0.29, 0.717) is 6.04 Å². The highest BCUT2D eigenvalue weighted by Crippen LogP contribution is 2.18. The molecule has 1 fully saturated rings. The molecule has 1 nitrogen and oxygen atoms in total. The molecule has 0 bridgehead atoms. The number of nitrogens with one attached hydrogen (secondary N) is 1. The number of halogens is 2. The van der Waals surface area contributed by atoms with Crippen molar-refractivity contribution in [1.82, 2.24) is 5.32 Å². The van der Waals surface area contributed by atoms with Gasteiger partial charge in [-0.3, -0.25) is 0 Å². The number of alkyl halides is 2. The predicted octanol–water partition coefficient (Wildman–Crippen LogP) is 3.34. The van der Waals surface area contributed by atoms with Crippen LogP contribution in [0, 0.1) is 0 Å². The monoisotopic (exact) mass is 205 g/mol. The molecular weight excluding hydrogens is 184 g/mol. The van der Waals surface area contributed by atoms with E-state index < -0.39 is 5.92 Å². The highest BCUT2D eigenvalue weighted by molar-refractivity contribution is 4.73. The molecule has 1 rings (SSSR count). The third kappa shape index (κ3) is 5.53. The molecule has 0 aromatic carbocycles. The fourth-order valence-electron chi connectivity index (χ4n) is 1.98. The van der Waals surface area contributed by atoms with E-state index in [1.54, 1.807) is 0 Å². The van der Waals surface area contributed by atoms with Gasteiger partial charge in [0.05, 0.1) is 6.54 Å². The summed E-state index contributed by atoms with van der Waals surface area (Å²) in [5, 5.41) is 2.98. The molecule has 0 heterocycles. The number of hydrogen-bond donors (Lipinski definition) is 1. The zero-order valence-electron chi connectivity index (χ0n) is 8.99. The summed E-state index contributed by atoms with van der Waals surface area (Å²) in [6.07, 6.45) is 8.35. The van der Waals surface area contributed by atoms with Crippen LogP contribution >= 0.6 is 0 Å². The van der Waals surface area contributed by atoms with Crippen LogP contribution < -0.4 is 5.32 Å². The van der Waals surface area contributed by atoms with Crippen molar-refractivity contribution in [3.63, 3.8) is 0 Å². The first kappa shape index (κ1) is 11.9. The summed E-state index contributed by atoms with van der Waals surface area (Å²) in [5.74, 6) is -2.57. The van der Waals surface area contributed by atoms with E-state index in [9.17, 15) is 8.78 Å². The first-order valence-corrected chi connectivity index (χ1v) is 5.69. The summed E-state index contributed by atoms with van der Waals surface area (Å²) in [6, 6.07) is 0.320. The van der Waals surface area contributed by atoms with Crippen molar-refractivity contribution < 1.29 is 8.78 Å². The second-order valence-electron chi connectivity index (χ2n) is 4.49. The van der Waals surface area contributed by atoms with Crippen LogP contribution in [0.2, 0.25) is 0 Å². The molecule has 84 valence electrons. The lowest BCUT2D eigenvalue weighted by molar-refractivity contribution is 0.0190.